The van der Waals surface area contributed by atoms with Crippen LogP contribution in [-0.4, -0.2) is 42.9 Å². The molecule has 2 aliphatic heterocycles. The number of nitrogens with one attached hydrogen (secondary N) is 1. The zero-order valence-corrected chi connectivity index (χ0v) is 16.5. The summed E-state index contributed by atoms with van der Waals surface area (Å²) in [5.74, 6) is -1.45. The molecule has 0 saturated carbocycles. The molecular formula is C22H21N3O5. The van der Waals surface area contributed by atoms with Crippen LogP contribution in [-0.2, 0) is 19.1 Å². The van der Waals surface area contributed by atoms with Crippen LogP contribution in [0.25, 0.3) is 0 Å². The lowest BCUT2D eigenvalue weighted by atomic mass is 10.1. The normalized spacial score (nSPS) is 16.7. The summed E-state index contributed by atoms with van der Waals surface area (Å²) in [5.41, 5.74) is 1.97. The predicted molar refractivity (Wildman–Crippen MR) is 110 cm³/mol. The molecule has 4 rings (SSSR count). The summed E-state index contributed by atoms with van der Waals surface area (Å²) >= 11 is 0. The highest BCUT2D eigenvalue weighted by atomic mass is 16.5. The third-order valence-electron chi connectivity index (χ3n) is 5.14. The van der Waals surface area contributed by atoms with Gasteiger partial charge in [0.05, 0.1) is 16.9 Å². The molecule has 0 radical (unpaired) electrons. The molecule has 2 aromatic rings. The quantitative estimate of drug-likeness (QED) is 0.785. The van der Waals surface area contributed by atoms with E-state index in [1.165, 1.54) is 11.8 Å². The van der Waals surface area contributed by atoms with E-state index in [9.17, 15) is 19.2 Å². The molecule has 1 fully saturated rings. The van der Waals surface area contributed by atoms with E-state index in [2.05, 4.69) is 5.32 Å². The number of hydrogen-bond donors (Lipinski definition) is 1. The summed E-state index contributed by atoms with van der Waals surface area (Å²) in [6, 6.07) is 13.5. The highest BCUT2D eigenvalue weighted by molar-refractivity contribution is 6.11. The molecule has 1 atom stereocenters. The van der Waals surface area contributed by atoms with Crippen LogP contribution in [0.3, 0.4) is 0 Å². The van der Waals surface area contributed by atoms with Crippen molar-refractivity contribution in [3.05, 3.63) is 54.1 Å². The molecule has 0 bridgehead atoms. The third kappa shape index (κ3) is 3.76. The van der Waals surface area contributed by atoms with Gasteiger partial charge in [-0.05, 0) is 43.7 Å². The SMILES string of the molecule is C[C@H](OC(=O)c1cccc(N2CCCC2=O)c1)C(=O)N1CC(=O)Nc2ccccc21. The molecule has 2 heterocycles. The molecule has 0 spiro atoms. The maximum atomic E-state index is 12.9. The fourth-order valence-electron chi connectivity index (χ4n) is 3.65. The van der Waals surface area contributed by atoms with Crippen LogP contribution in [0, 0.1) is 0 Å². The third-order valence-corrected chi connectivity index (χ3v) is 5.14. The van der Waals surface area contributed by atoms with Crippen LogP contribution in [0.4, 0.5) is 17.1 Å². The van der Waals surface area contributed by atoms with Gasteiger partial charge in [0.2, 0.25) is 11.8 Å². The number of amides is 3. The number of para-hydroxylation sites is 2. The Morgan fingerprint density at radius 1 is 1.10 bits per heavy atom. The van der Waals surface area contributed by atoms with Gasteiger partial charge in [0.1, 0.15) is 6.54 Å². The molecule has 2 aromatic carbocycles. The van der Waals surface area contributed by atoms with Crippen LogP contribution < -0.4 is 15.1 Å². The van der Waals surface area contributed by atoms with E-state index in [-0.39, 0.29) is 23.9 Å². The maximum absolute atomic E-state index is 12.9. The van der Waals surface area contributed by atoms with Crippen molar-refractivity contribution in [1.82, 2.24) is 0 Å². The fraction of sp³-hybridized carbons (Fsp3) is 0.273. The Kier molecular flexibility index (Phi) is 5.22. The number of nitrogens with zero attached hydrogens (tertiary/aromatic N) is 2. The number of carbonyl (C=O) groups is 4. The Labute approximate surface area is 173 Å². The first-order valence-electron chi connectivity index (χ1n) is 9.76. The Morgan fingerprint density at radius 2 is 1.90 bits per heavy atom. The number of rotatable bonds is 4. The highest BCUT2D eigenvalue weighted by Gasteiger charge is 2.31. The molecule has 2 aliphatic rings. The van der Waals surface area contributed by atoms with Crippen LogP contribution in [0.2, 0.25) is 0 Å². The van der Waals surface area contributed by atoms with Gasteiger partial charge < -0.3 is 15.0 Å². The maximum Gasteiger partial charge on any atom is 0.338 e. The van der Waals surface area contributed by atoms with Crippen LogP contribution >= 0.6 is 0 Å². The van der Waals surface area contributed by atoms with Crippen molar-refractivity contribution in [2.24, 2.45) is 0 Å². The Hall–Kier alpha value is -3.68. The lowest BCUT2D eigenvalue weighted by molar-refractivity contribution is -0.128. The lowest BCUT2D eigenvalue weighted by Gasteiger charge is -2.30. The molecule has 1 N–H and O–H groups in total. The second-order valence-electron chi connectivity index (χ2n) is 7.24. The van der Waals surface area contributed by atoms with Gasteiger partial charge in [0, 0.05) is 18.7 Å². The molecular weight excluding hydrogens is 386 g/mol. The molecule has 8 heteroatoms. The number of anilines is 3. The van der Waals surface area contributed by atoms with Crippen LogP contribution in [0.5, 0.6) is 0 Å². The van der Waals surface area contributed by atoms with Crippen molar-refractivity contribution < 1.29 is 23.9 Å². The summed E-state index contributed by atoms with van der Waals surface area (Å²) in [6.07, 6.45) is 0.184. The first kappa shape index (κ1) is 19.6. The topological polar surface area (TPSA) is 96.0 Å². The highest BCUT2D eigenvalue weighted by Crippen LogP contribution is 2.29. The van der Waals surface area contributed by atoms with E-state index in [1.807, 2.05) is 0 Å². The van der Waals surface area contributed by atoms with Gasteiger partial charge in [-0.3, -0.25) is 19.3 Å². The molecule has 8 nitrogen and oxygen atoms in total. The Balaban J connectivity index is 1.48. The molecule has 0 aliphatic carbocycles. The number of fused-ring (bicyclic) bond motifs is 1. The van der Waals surface area contributed by atoms with Crippen molar-refractivity contribution in [2.45, 2.75) is 25.9 Å². The fourth-order valence-corrected chi connectivity index (χ4v) is 3.65. The van der Waals surface area contributed by atoms with Gasteiger partial charge in [-0.1, -0.05) is 18.2 Å². The van der Waals surface area contributed by atoms with Crippen molar-refractivity contribution in [1.29, 1.82) is 0 Å². The van der Waals surface area contributed by atoms with E-state index in [4.69, 9.17) is 4.74 Å². The molecule has 1 saturated heterocycles. The minimum atomic E-state index is -1.09. The zero-order valence-electron chi connectivity index (χ0n) is 16.5. The number of carbonyl (C=O) groups excluding carboxylic acids is 4. The van der Waals surface area contributed by atoms with Gasteiger partial charge in [-0.15, -0.1) is 0 Å². The van der Waals surface area contributed by atoms with E-state index in [1.54, 1.807) is 53.4 Å². The van der Waals surface area contributed by atoms with Crippen molar-refractivity contribution in [2.75, 3.05) is 28.2 Å². The summed E-state index contributed by atoms with van der Waals surface area (Å²) in [5, 5.41) is 2.71. The van der Waals surface area contributed by atoms with Crippen molar-refractivity contribution >= 4 is 40.8 Å². The monoisotopic (exact) mass is 407 g/mol. The Bertz CT molecular complexity index is 1030. The summed E-state index contributed by atoms with van der Waals surface area (Å²) in [6.45, 7) is 1.94. The molecule has 0 aromatic heterocycles. The average molecular weight is 407 g/mol. The van der Waals surface area contributed by atoms with E-state index < -0.39 is 18.0 Å². The molecule has 3 amide bonds. The van der Waals surface area contributed by atoms with E-state index in [0.717, 1.165) is 6.42 Å². The Morgan fingerprint density at radius 3 is 2.67 bits per heavy atom. The standard InChI is InChI=1S/C22H21N3O5/c1-14(21(28)25-13-19(26)23-17-8-2-3-9-18(17)25)30-22(29)15-6-4-7-16(12-15)24-11-5-10-20(24)27/h2-4,6-9,12,14H,5,10-11,13H2,1H3,(H,23,26)/t14-/m0/s1. The van der Waals surface area contributed by atoms with Crippen LogP contribution in [0.15, 0.2) is 48.5 Å². The van der Waals surface area contributed by atoms with Crippen molar-refractivity contribution in [3.63, 3.8) is 0 Å². The second-order valence-corrected chi connectivity index (χ2v) is 7.24. The summed E-state index contributed by atoms with van der Waals surface area (Å²) in [4.78, 5) is 52.4. The number of hydrogen-bond acceptors (Lipinski definition) is 5. The van der Waals surface area contributed by atoms with Gasteiger partial charge in [-0.2, -0.15) is 0 Å². The zero-order chi connectivity index (χ0) is 21.3. The van der Waals surface area contributed by atoms with E-state index >= 15 is 0 Å². The second kappa shape index (κ2) is 7.98. The summed E-state index contributed by atoms with van der Waals surface area (Å²) in [7, 11) is 0. The number of benzene rings is 2. The first-order chi connectivity index (χ1) is 14.4. The van der Waals surface area contributed by atoms with E-state index in [0.29, 0.717) is 30.0 Å². The van der Waals surface area contributed by atoms with Gasteiger partial charge >= 0.3 is 5.97 Å². The summed E-state index contributed by atoms with van der Waals surface area (Å²) < 4.78 is 5.38. The van der Waals surface area contributed by atoms with Gasteiger partial charge in [0.15, 0.2) is 6.10 Å². The first-order valence-corrected chi connectivity index (χ1v) is 9.76. The van der Waals surface area contributed by atoms with Gasteiger partial charge in [-0.25, -0.2) is 4.79 Å². The predicted octanol–water partition coefficient (Wildman–Crippen LogP) is 2.34. The van der Waals surface area contributed by atoms with Crippen molar-refractivity contribution in [3.8, 4) is 0 Å². The smallest absolute Gasteiger partial charge is 0.338 e. The van der Waals surface area contributed by atoms with Crippen LogP contribution in [0.1, 0.15) is 30.1 Å². The minimum Gasteiger partial charge on any atom is -0.449 e. The average Bonchev–Trinajstić information content (AvgIpc) is 3.18. The number of ether oxygens (including phenoxy) is 1. The largest absolute Gasteiger partial charge is 0.449 e. The molecule has 0 unspecified atom stereocenters. The van der Waals surface area contributed by atoms with Gasteiger partial charge in [0.25, 0.3) is 5.91 Å². The number of esters is 1. The lowest BCUT2D eigenvalue weighted by Crippen LogP contribution is -2.47. The molecule has 154 valence electrons. The minimum absolute atomic E-state index is 0.0195. The molecule has 30 heavy (non-hydrogen) atoms.